The molecule has 1 aliphatic carbocycles. The Morgan fingerprint density at radius 3 is 2.96 bits per heavy atom. The molecule has 8 heteroatoms. The molecule has 26 heavy (non-hydrogen) atoms. The molecule has 0 aromatic carbocycles. The molecule has 0 spiro atoms. The van der Waals surface area contributed by atoms with Gasteiger partial charge in [-0.25, -0.2) is 4.98 Å². The molecule has 1 aliphatic heterocycles. The summed E-state index contributed by atoms with van der Waals surface area (Å²) in [5, 5.41) is 14.4. The van der Waals surface area contributed by atoms with Crippen LogP contribution in [-0.2, 0) is 13.0 Å². The van der Waals surface area contributed by atoms with Crippen LogP contribution in [0.3, 0.4) is 0 Å². The number of carbonyl (C=O) groups excluding carboxylic acids is 1. The first-order chi connectivity index (χ1) is 12.8. The SMILES string of the molecule is O=C(Nc1cnn(C2CCC2)c1)c1csc(-c2cnn3c2CCCC3)n1. The minimum Gasteiger partial charge on any atom is -0.318 e. The van der Waals surface area contributed by atoms with Crippen LogP contribution in [0, 0.1) is 0 Å². The molecule has 3 aromatic heterocycles. The van der Waals surface area contributed by atoms with Crippen LogP contribution in [0.2, 0.25) is 0 Å². The molecule has 0 bridgehead atoms. The van der Waals surface area contributed by atoms with E-state index in [2.05, 4.69) is 25.2 Å². The lowest BCUT2D eigenvalue weighted by atomic mass is 9.93. The number of hydrogen-bond donors (Lipinski definition) is 1. The third-order valence-electron chi connectivity index (χ3n) is 5.26. The molecule has 1 fully saturated rings. The molecule has 0 radical (unpaired) electrons. The Hall–Kier alpha value is -2.48. The monoisotopic (exact) mass is 368 g/mol. The van der Waals surface area contributed by atoms with Gasteiger partial charge in [0.1, 0.15) is 10.7 Å². The number of rotatable bonds is 4. The summed E-state index contributed by atoms with van der Waals surface area (Å²) >= 11 is 1.50. The number of aromatic nitrogens is 5. The molecular formula is C18H20N6OS. The highest BCUT2D eigenvalue weighted by molar-refractivity contribution is 7.13. The fourth-order valence-electron chi connectivity index (χ4n) is 3.55. The van der Waals surface area contributed by atoms with E-state index in [0.29, 0.717) is 11.7 Å². The summed E-state index contributed by atoms with van der Waals surface area (Å²) in [4.78, 5) is 17.1. The van der Waals surface area contributed by atoms with E-state index in [1.165, 1.54) is 49.1 Å². The van der Waals surface area contributed by atoms with Crippen molar-refractivity contribution in [2.24, 2.45) is 0 Å². The van der Waals surface area contributed by atoms with Crippen LogP contribution >= 0.6 is 11.3 Å². The highest BCUT2D eigenvalue weighted by Gasteiger charge is 2.22. The zero-order valence-electron chi connectivity index (χ0n) is 14.4. The number of amides is 1. The van der Waals surface area contributed by atoms with E-state index in [0.717, 1.165) is 29.2 Å². The fraction of sp³-hybridized carbons (Fsp3) is 0.444. The number of nitrogens with one attached hydrogen (secondary N) is 1. The van der Waals surface area contributed by atoms with Crippen LogP contribution in [-0.4, -0.2) is 30.5 Å². The first kappa shape index (κ1) is 15.7. The van der Waals surface area contributed by atoms with Gasteiger partial charge in [0.05, 0.1) is 29.7 Å². The van der Waals surface area contributed by atoms with Gasteiger partial charge in [0.2, 0.25) is 0 Å². The van der Waals surface area contributed by atoms with Gasteiger partial charge in [0, 0.05) is 23.8 Å². The average molecular weight is 368 g/mol. The summed E-state index contributed by atoms with van der Waals surface area (Å²) in [7, 11) is 0. The maximum absolute atomic E-state index is 12.5. The van der Waals surface area contributed by atoms with Crippen molar-refractivity contribution in [2.75, 3.05) is 5.32 Å². The largest absolute Gasteiger partial charge is 0.318 e. The van der Waals surface area contributed by atoms with Crippen molar-refractivity contribution in [2.45, 2.75) is 51.1 Å². The fourth-order valence-corrected chi connectivity index (χ4v) is 4.38. The Morgan fingerprint density at radius 2 is 2.12 bits per heavy atom. The van der Waals surface area contributed by atoms with Crippen LogP contribution in [0.1, 0.15) is 54.3 Å². The van der Waals surface area contributed by atoms with E-state index in [1.807, 2.05) is 22.5 Å². The molecule has 5 rings (SSSR count). The van der Waals surface area contributed by atoms with Gasteiger partial charge in [0.25, 0.3) is 5.91 Å². The van der Waals surface area contributed by atoms with Gasteiger partial charge < -0.3 is 5.32 Å². The maximum Gasteiger partial charge on any atom is 0.275 e. The van der Waals surface area contributed by atoms with Crippen molar-refractivity contribution in [1.82, 2.24) is 24.5 Å². The molecule has 3 aromatic rings. The number of carbonyl (C=O) groups is 1. The highest BCUT2D eigenvalue weighted by atomic mass is 32.1. The third kappa shape index (κ3) is 2.74. The molecule has 4 heterocycles. The van der Waals surface area contributed by atoms with Gasteiger partial charge >= 0.3 is 0 Å². The number of thiazole rings is 1. The second-order valence-corrected chi connectivity index (χ2v) is 7.83. The minimum absolute atomic E-state index is 0.193. The van der Waals surface area contributed by atoms with E-state index in [4.69, 9.17) is 0 Å². The summed E-state index contributed by atoms with van der Waals surface area (Å²) in [6, 6.07) is 0.486. The Balaban J connectivity index is 1.32. The molecule has 7 nitrogen and oxygen atoms in total. The maximum atomic E-state index is 12.5. The molecule has 1 amide bonds. The number of fused-ring (bicyclic) bond motifs is 1. The molecule has 2 aliphatic rings. The second-order valence-electron chi connectivity index (χ2n) is 6.97. The zero-order valence-corrected chi connectivity index (χ0v) is 15.2. The van der Waals surface area contributed by atoms with Gasteiger partial charge in [-0.2, -0.15) is 10.2 Å². The van der Waals surface area contributed by atoms with E-state index in [-0.39, 0.29) is 5.91 Å². The number of nitrogens with zero attached hydrogens (tertiary/aromatic N) is 5. The Kier molecular flexibility index (Phi) is 3.85. The van der Waals surface area contributed by atoms with Gasteiger partial charge in [0.15, 0.2) is 0 Å². The molecular weight excluding hydrogens is 348 g/mol. The second kappa shape index (κ2) is 6.35. The van der Waals surface area contributed by atoms with Crippen molar-refractivity contribution in [1.29, 1.82) is 0 Å². The lowest BCUT2D eigenvalue weighted by molar-refractivity contribution is 0.102. The minimum atomic E-state index is -0.193. The van der Waals surface area contributed by atoms with Gasteiger partial charge in [-0.3, -0.25) is 14.2 Å². The van der Waals surface area contributed by atoms with Crippen LogP contribution in [0.4, 0.5) is 5.69 Å². The number of aryl methyl sites for hydroxylation is 1. The molecule has 134 valence electrons. The Bertz CT molecular complexity index is 951. The van der Waals surface area contributed by atoms with Crippen molar-refractivity contribution in [3.05, 3.63) is 35.4 Å². The van der Waals surface area contributed by atoms with Crippen molar-refractivity contribution < 1.29 is 4.79 Å². The lowest BCUT2D eigenvalue weighted by Crippen LogP contribution is -2.17. The summed E-state index contributed by atoms with van der Waals surface area (Å²) in [6.45, 7) is 0.971. The molecule has 0 atom stereocenters. The first-order valence-electron chi connectivity index (χ1n) is 9.14. The predicted octanol–water partition coefficient (Wildman–Crippen LogP) is 3.52. The molecule has 0 unspecified atom stereocenters. The van der Waals surface area contributed by atoms with Crippen LogP contribution in [0.25, 0.3) is 10.6 Å². The third-order valence-corrected chi connectivity index (χ3v) is 6.13. The molecule has 1 saturated carbocycles. The average Bonchev–Trinajstić information content (AvgIpc) is 3.32. The smallest absolute Gasteiger partial charge is 0.275 e. The predicted molar refractivity (Wildman–Crippen MR) is 99.3 cm³/mol. The number of anilines is 1. The summed E-state index contributed by atoms with van der Waals surface area (Å²) in [6.07, 6.45) is 12.5. The Labute approximate surface area is 155 Å². The summed E-state index contributed by atoms with van der Waals surface area (Å²) < 4.78 is 4.01. The lowest BCUT2D eigenvalue weighted by Gasteiger charge is -2.25. The first-order valence-corrected chi connectivity index (χ1v) is 10.0. The molecule has 1 N–H and O–H groups in total. The van der Waals surface area contributed by atoms with Crippen molar-refractivity contribution in [3.63, 3.8) is 0 Å². The van der Waals surface area contributed by atoms with E-state index >= 15 is 0 Å². The van der Waals surface area contributed by atoms with Crippen LogP contribution < -0.4 is 5.32 Å². The Morgan fingerprint density at radius 1 is 1.19 bits per heavy atom. The standard InChI is InChI=1S/C18H20N6OS/c25-17(21-12-8-19-24(10-12)13-4-3-5-13)15-11-26-18(22-15)14-9-20-23-7-2-1-6-16(14)23/h8-11,13H,1-7H2,(H,21,25). The van der Waals surface area contributed by atoms with Crippen molar-refractivity contribution in [3.8, 4) is 10.6 Å². The van der Waals surface area contributed by atoms with E-state index in [9.17, 15) is 4.79 Å². The van der Waals surface area contributed by atoms with E-state index in [1.54, 1.807) is 6.20 Å². The zero-order chi connectivity index (χ0) is 17.5. The van der Waals surface area contributed by atoms with Crippen LogP contribution in [0.5, 0.6) is 0 Å². The van der Waals surface area contributed by atoms with Crippen LogP contribution in [0.15, 0.2) is 24.0 Å². The van der Waals surface area contributed by atoms with E-state index < -0.39 is 0 Å². The van der Waals surface area contributed by atoms with Crippen molar-refractivity contribution >= 4 is 22.9 Å². The molecule has 0 saturated heterocycles. The van der Waals surface area contributed by atoms with Gasteiger partial charge in [-0.1, -0.05) is 0 Å². The van der Waals surface area contributed by atoms with Gasteiger partial charge in [-0.15, -0.1) is 11.3 Å². The highest BCUT2D eigenvalue weighted by Crippen LogP contribution is 2.32. The summed E-state index contributed by atoms with van der Waals surface area (Å²) in [5.74, 6) is -0.193. The summed E-state index contributed by atoms with van der Waals surface area (Å²) in [5.41, 5.74) is 3.46. The van der Waals surface area contributed by atoms with Gasteiger partial charge in [-0.05, 0) is 38.5 Å². The topological polar surface area (TPSA) is 77.6 Å². The quantitative estimate of drug-likeness (QED) is 0.764. The normalized spacial score (nSPS) is 16.9. The number of hydrogen-bond acceptors (Lipinski definition) is 5.